The first-order chi connectivity index (χ1) is 12.5. The standard InChI is InChI=1S/C18H25IN3O3P/c1-4-17(5-2)12-18(22(25-3)16(17)24)8-6-13(7-9-18)15-14(11-23)10-21(20-15)26-19/h6,10-11,26H,4-5,7-9,12H2,1-3H3. The molecule has 2 aliphatic rings. The van der Waals surface area contributed by atoms with Gasteiger partial charge in [-0.15, -0.1) is 0 Å². The topological polar surface area (TPSA) is 64.4 Å². The van der Waals surface area contributed by atoms with Crippen molar-refractivity contribution in [3.63, 3.8) is 0 Å². The van der Waals surface area contributed by atoms with Gasteiger partial charge in [-0.3, -0.25) is 14.4 Å². The van der Waals surface area contributed by atoms with Gasteiger partial charge in [0.2, 0.25) is 0 Å². The largest absolute Gasteiger partial charge is 0.298 e. The van der Waals surface area contributed by atoms with Crippen LogP contribution in [0.1, 0.15) is 68.4 Å². The molecule has 8 heteroatoms. The minimum absolute atomic E-state index is 0.117. The summed E-state index contributed by atoms with van der Waals surface area (Å²) in [5.74, 6) is 0.117. The van der Waals surface area contributed by atoms with E-state index in [1.807, 2.05) is 4.45 Å². The predicted molar refractivity (Wildman–Crippen MR) is 111 cm³/mol. The van der Waals surface area contributed by atoms with Gasteiger partial charge in [0.05, 0.1) is 35.7 Å². The van der Waals surface area contributed by atoms with Crippen LogP contribution >= 0.6 is 28.4 Å². The summed E-state index contributed by atoms with van der Waals surface area (Å²) in [4.78, 5) is 30.0. The number of halogens is 1. The van der Waals surface area contributed by atoms with Crippen LogP contribution in [0.5, 0.6) is 0 Å². The number of nitrogens with zero attached hydrogens (tertiary/aromatic N) is 3. The van der Waals surface area contributed by atoms with Crippen LogP contribution in [0.15, 0.2) is 12.3 Å². The summed E-state index contributed by atoms with van der Waals surface area (Å²) in [5, 5.41) is 6.20. The number of amides is 1. The summed E-state index contributed by atoms with van der Waals surface area (Å²) in [6.07, 6.45) is 10.1. The maximum Gasteiger partial charge on any atom is 0.252 e. The Labute approximate surface area is 169 Å². The Morgan fingerprint density at radius 1 is 1.42 bits per heavy atom. The van der Waals surface area contributed by atoms with Gasteiger partial charge < -0.3 is 0 Å². The van der Waals surface area contributed by atoms with Gasteiger partial charge in [-0.2, -0.15) is 5.10 Å². The first-order valence-corrected chi connectivity index (χ1v) is 13.0. The molecule has 0 N–H and O–H groups in total. The highest BCUT2D eigenvalue weighted by molar-refractivity contribution is 14.2. The lowest BCUT2D eigenvalue weighted by molar-refractivity contribution is -0.199. The number of carbonyl (C=O) groups excluding carboxylic acids is 2. The molecule has 1 aliphatic heterocycles. The summed E-state index contributed by atoms with van der Waals surface area (Å²) in [6.45, 7) is 4.18. The van der Waals surface area contributed by atoms with Gasteiger partial charge in [-0.05, 0) is 66.1 Å². The fraction of sp³-hybridized carbons (Fsp3) is 0.611. The second-order valence-electron chi connectivity index (χ2n) is 7.18. The Bertz CT molecular complexity index is 744. The van der Waals surface area contributed by atoms with Crippen LogP contribution in [-0.2, 0) is 9.63 Å². The minimum atomic E-state index is -0.320. The fourth-order valence-corrected chi connectivity index (χ4v) is 5.57. The third-order valence-electron chi connectivity index (χ3n) is 6.12. The number of allylic oxidation sites excluding steroid dienone is 1. The molecule has 2 unspecified atom stereocenters. The van der Waals surface area contributed by atoms with Crippen molar-refractivity contribution < 1.29 is 14.4 Å². The van der Waals surface area contributed by atoms with Gasteiger partial charge in [-0.1, -0.05) is 19.9 Å². The van der Waals surface area contributed by atoms with Crippen LogP contribution < -0.4 is 0 Å². The summed E-state index contributed by atoms with van der Waals surface area (Å²) in [6, 6.07) is 0. The molecule has 2 atom stereocenters. The molecule has 0 bridgehead atoms. The van der Waals surface area contributed by atoms with Crippen LogP contribution in [0.2, 0.25) is 0 Å². The zero-order valence-corrected chi connectivity index (χ0v) is 18.6. The van der Waals surface area contributed by atoms with Gasteiger partial charge in [0, 0.05) is 6.20 Å². The Balaban J connectivity index is 1.92. The molecule has 1 aromatic heterocycles. The first kappa shape index (κ1) is 20.0. The van der Waals surface area contributed by atoms with E-state index in [0.717, 1.165) is 56.1 Å². The summed E-state index contributed by atoms with van der Waals surface area (Å²) in [7, 11) is 1.59. The van der Waals surface area contributed by atoms with Crippen molar-refractivity contribution in [2.24, 2.45) is 5.41 Å². The number of aromatic nitrogens is 2. The van der Waals surface area contributed by atoms with Crippen LogP contribution in [-0.4, -0.2) is 39.5 Å². The van der Waals surface area contributed by atoms with Gasteiger partial charge in [0.25, 0.3) is 5.91 Å². The van der Waals surface area contributed by atoms with Crippen LogP contribution in [0.3, 0.4) is 0 Å². The number of aldehydes is 1. The first-order valence-electron chi connectivity index (χ1n) is 8.99. The van der Waals surface area contributed by atoms with E-state index in [0.29, 0.717) is 11.9 Å². The fourth-order valence-electron chi connectivity index (χ4n) is 4.50. The third kappa shape index (κ3) is 3.06. The highest BCUT2D eigenvalue weighted by atomic mass is 127. The van der Waals surface area contributed by atoms with E-state index in [2.05, 4.69) is 47.1 Å². The van der Waals surface area contributed by atoms with E-state index in [1.54, 1.807) is 18.4 Å². The minimum Gasteiger partial charge on any atom is -0.298 e. The number of hydrogen-bond donors (Lipinski definition) is 0. The average molecular weight is 489 g/mol. The third-order valence-corrected chi connectivity index (χ3v) is 8.01. The molecule has 1 aliphatic carbocycles. The van der Waals surface area contributed by atoms with Crippen molar-refractivity contribution in [1.29, 1.82) is 0 Å². The van der Waals surface area contributed by atoms with Gasteiger partial charge in [-0.25, -0.2) is 9.52 Å². The second kappa shape index (κ2) is 7.68. The van der Waals surface area contributed by atoms with Crippen molar-refractivity contribution in [3.05, 3.63) is 23.5 Å². The Kier molecular flexibility index (Phi) is 5.89. The zero-order valence-electron chi connectivity index (χ0n) is 15.4. The summed E-state index contributed by atoms with van der Waals surface area (Å²) in [5.41, 5.74) is 1.92. The van der Waals surface area contributed by atoms with Crippen LogP contribution in [0.4, 0.5) is 0 Å². The molecule has 2 heterocycles. The second-order valence-corrected chi connectivity index (χ2v) is 9.26. The summed E-state index contributed by atoms with van der Waals surface area (Å²) >= 11 is 2.25. The molecule has 0 saturated carbocycles. The van der Waals surface area contributed by atoms with E-state index >= 15 is 0 Å². The molecule has 0 aromatic carbocycles. The normalized spacial score (nSPS) is 25.5. The monoisotopic (exact) mass is 489 g/mol. The molecule has 142 valence electrons. The molecular weight excluding hydrogens is 464 g/mol. The molecule has 26 heavy (non-hydrogen) atoms. The van der Waals surface area contributed by atoms with Gasteiger partial charge in [0.1, 0.15) is 0 Å². The smallest absolute Gasteiger partial charge is 0.252 e. The highest BCUT2D eigenvalue weighted by Crippen LogP contribution is 2.53. The van der Waals surface area contributed by atoms with Crippen molar-refractivity contribution in [1.82, 2.24) is 14.6 Å². The molecule has 1 amide bonds. The predicted octanol–water partition coefficient (Wildman–Crippen LogP) is 4.39. The lowest BCUT2D eigenvalue weighted by Crippen LogP contribution is -2.46. The molecule has 1 aromatic rings. The maximum atomic E-state index is 13.0. The highest BCUT2D eigenvalue weighted by Gasteiger charge is 2.58. The molecule has 1 saturated heterocycles. The number of hydrogen-bond acceptors (Lipinski definition) is 4. The zero-order chi connectivity index (χ0) is 18.9. The Morgan fingerprint density at radius 3 is 2.65 bits per heavy atom. The molecule has 3 rings (SSSR count). The van der Waals surface area contributed by atoms with E-state index < -0.39 is 0 Å². The van der Waals surface area contributed by atoms with Crippen molar-refractivity contribution in [2.45, 2.75) is 57.9 Å². The van der Waals surface area contributed by atoms with Crippen LogP contribution in [0.25, 0.3) is 5.57 Å². The molecule has 0 radical (unpaired) electrons. The van der Waals surface area contributed by atoms with Gasteiger partial charge >= 0.3 is 0 Å². The van der Waals surface area contributed by atoms with Gasteiger partial charge in [0.15, 0.2) is 6.29 Å². The average Bonchev–Trinajstić information content (AvgIpc) is 3.19. The maximum absolute atomic E-state index is 13.0. The molecule has 6 nitrogen and oxygen atoms in total. The number of rotatable bonds is 6. The van der Waals surface area contributed by atoms with Crippen LogP contribution in [0, 0.1) is 5.41 Å². The Morgan fingerprint density at radius 2 is 2.15 bits per heavy atom. The lowest BCUT2D eigenvalue weighted by atomic mass is 9.71. The number of carbonyl (C=O) groups is 2. The van der Waals surface area contributed by atoms with E-state index in [9.17, 15) is 9.59 Å². The van der Waals surface area contributed by atoms with E-state index in [1.165, 1.54) is 0 Å². The van der Waals surface area contributed by atoms with Crippen molar-refractivity contribution >= 4 is 46.2 Å². The SMILES string of the molecule is CCC1(CC)CC2(CC=C(c3nn(PI)cc3C=O)CC2)N(OC)C1=O. The lowest BCUT2D eigenvalue weighted by Gasteiger charge is -2.38. The molecular formula is C18H25IN3O3P. The number of hydroxylamine groups is 2. The summed E-state index contributed by atoms with van der Waals surface area (Å²) < 4.78 is 1.81. The van der Waals surface area contributed by atoms with Crippen molar-refractivity contribution in [3.8, 4) is 0 Å². The van der Waals surface area contributed by atoms with E-state index in [4.69, 9.17) is 4.84 Å². The molecule has 1 fully saturated rings. The Hall–Kier alpha value is -0.790. The molecule has 1 spiro atoms. The van der Waals surface area contributed by atoms with Crippen molar-refractivity contribution in [2.75, 3.05) is 7.11 Å². The quantitative estimate of drug-likeness (QED) is 0.338. The van der Waals surface area contributed by atoms with E-state index in [-0.39, 0.29) is 16.9 Å².